The fraction of sp³-hybridized carbons (Fsp3) is 0.185. The van der Waals surface area contributed by atoms with E-state index in [9.17, 15) is 4.79 Å². The summed E-state index contributed by atoms with van der Waals surface area (Å²) in [4.78, 5) is 17.4. The van der Waals surface area contributed by atoms with Gasteiger partial charge in [-0.2, -0.15) is 0 Å². The summed E-state index contributed by atoms with van der Waals surface area (Å²) >= 11 is 0. The smallest absolute Gasteiger partial charge is 0.228 e. The minimum absolute atomic E-state index is 0.0626. The summed E-state index contributed by atoms with van der Waals surface area (Å²) in [5, 5.41) is 7.54. The minimum atomic E-state index is -0.0626. The number of amides is 1. The first-order valence-corrected chi connectivity index (χ1v) is 10.9. The van der Waals surface area contributed by atoms with Gasteiger partial charge in [0, 0.05) is 5.39 Å². The van der Waals surface area contributed by atoms with Crippen LogP contribution in [0.4, 0.5) is 11.5 Å². The molecule has 0 fully saturated rings. The highest BCUT2D eigenvalue weighted by Gasteiger charge is 2.22. The van der Waals surface area contributed by atoms with Gasteiger partial charge in [-0.05, 0) is 65.9 Å². The fourth-order valence-electron chi connectivity index (χ4n) is 4.35. The number of hydrogen-bond donors (Lipinski definition) is 2. The van der Waals surface area contributed by atoms with Gasteiger partial charge in [0.05, 0.1) is 30.8 Å². The standard InChI is InChI=1S/C27H25N3O2/c1-32-20-12-9-18(10-13-20)17-27(31)30-24-8-4-7-23-22(24)14-16-26(28-23)29-25-15-11-19-5-2-3-6-21(19)25/h2-10,12-14,16,25H,11,15,17H2,1H3,(H,28,29)(H,30,31). The molecule has 5 heteroatoms. The van der Waals surface area contributed by atoms with Crippen LogP contribution in [0.15, 0.2) is 78.9 Å². The molecule has 5 nitrogen and oxygen atoms in total. The number of nitrogens with one attached hydrogen (secondary N) is 2. The van der Waals surface area contributed by atoms with Gasteiger partial charge in [-0.3, -0.25) is 4.79 Å². The molecule has 1 atom stereocenters. The average Bonchev–Trinajstić information content (AvgIpc) is 3.22. The van der Waals surface area contributed by atoms with Crippen molar-refractivity contribution >= 4 is 28.3 Å². The molecule has 2 N–H and O–H groups in total. The Hall–Kier alpha value is -3.86. The van der Waals surface area contributed by atoms with Crippen LogP contribution < -0.4 is 15.4 Å². The fourth-order valence-corrected chi connectivity index (χ4v) is 4.35. The van der Waals surface area contributed by atoms with Gasteiger partial charge in [0.15, 0.2) is 0 Å². The van der Waals surface area contributed by atoms with E-state index in [2.05, 4.69) is 34.9 Å². The monoisotopic (exact) mass is 423 g/mol. The van der Waals surface area contributed by atoms with Gasteiger partial charge in [0.25, 0.3) is 0 Å². The zero-order valence-electron chi connectivity index (χ0n) is 18.0. The number of ether oxygens (including phenoxy) is 1. The van der Waals surface area contributed by atoms with Gasteiger partial charge in [-0.15, -0.1) is 0 Å². The maximum absolute atomic E-state index is 12.6. The lowest BCUT2D eigenvalue weighted by Crippen LogP contribution is -2.14. The molecule has 1 heterocycles. The molecule has 1 aliphatic carbocycles. The highest BCUT2D eigenvalue weighted by molar-refractivity contribution is 6.01. The molecule has 4 aromatic rings. The largest absolute Gasteiger partial charge is 0.497 e. The van der Waals surface area contributed by atoms with Crippen LogP contribution in [-0.4, -0.2) is 18.0 Å². The number of pyridine rings is 1. The van der Waals surface area contributed by atoms with Crippen molar-refractivity contribution in [1.82, 2.24) is 4.98 Å². The van der Waals surface area contributed by atoms with Gasteiger partial charge in [0.2, 0.25) is 5.91 Å². The number of anilines is 2. The lowest BCUT2D eigenvalue weighted by Gasteiger charge is -2.16. The van der Waals surface area contributed by atoms with E-state index in [4.69, 9.17) is 9.72 Å². The van der Waals surface area contributed by atoms with Crippen molar-refractivity contribution in [1.29, 1.82) is 0 Å². The van der Waals surface area contributed by atoms with Crippen LogP contribution in [0.2, 0.25) is 0 Å². The maximum atomic E-state index is 12.6. The Balaban J connectivity index is 1.31. The van der Waals surface area contributed by atoms with Crippen LogP contribution in [0.3, 0.4) is 0 Å². The van der Waals surface area contributed by atoms with Gasteiger partial charge in [-0.1, -0.05) is 42.5 Å². The third kappa shape index (κ3) is 4.14. The molecular formula is C27H25N3O2. The average molecular weight is 424 g/mol. The molecule has 0 spiro atoms. The molecular weight excluding hydrogens is 398 g/mol. The van der Waals surface area contributed by atoms with Crippen molar-refractivity contribution in [3.05, 3.63) is 95.6 Å². The van der Waals surface area contributed by atoms with E-state index in [1.54, 1.807) is 7.11 Å². The number of aryl methyl sites for hydroxylation is 1. The molecule has 0 saturated heterocycles. The number of fused-ring (bicyclic) bond motifs is 2. The van der Waals surface area contributed by atoms with Crippen molar-refractivity contribution in [2.75, 3.05) is 17.7 Å². The lowest BCUT2D eigenvalue weighted by molar-refractivity contribution is -0.115. The molecule has 0 aliphatic heterocycles. The molecule has 0 bridgehead atoms. The normalized spacial score (nSPS) is 14.7. The van der Waals surface area contributed by atoms with Crippen LogP contribution in [-0.2, 0) is 17.6 Å². The number of carbonyl (C=O) groups is 1. The van der Waals surface area contributed by atoms with Crippen LogP contribution in [0.1, 0.15) is 29.2 Å². The van der Waals surface area contributed by atoms with Crippen LogP contribution in [0, 0.1) is 0 Å². The van der Waals surface area contributed by atoms with E-state index in [0.29, 0.717) is 6.42 Å². The molecule has 32 heavy (non-hydrogen) atoms. The van der Waals surface area contributed by atoms with E-state index in [0.717, 1.165) is 46.6 Å². The SMILES string of the molecule is COc1ccc(CC(=O)Nc2cccc3nc(NC4CCc5ccccc54)ccc23)cc1. The molecule has 1 aliphatic rings. The minimum Gasteiger partial charge on any atom is -0.497 e. The summed E-state index contributed by atoms with van der Waals surface area (Å²) in [5.41, 5.74) is 5.32. The maximum Gasteiger partial charge on any atom is 0.228 e. The summed E-state index contributed by atoms with van der Waals surface area (Å²) in [6.07, 6.45) is 2.46. The summed E-state index contributed by atoms with van der Waals surface area (Å²) in [6.45, 7) is 0. The molecule has 0 saturated carbocycles. The lowest BCUT2D eigenvalue weighted by atomic mass is 10.1. The van der Waals surface area contributed by atoms with E-state index in [1.165, 1.54) is 11.1 Å². The molecule has 0 radical (unpaired) electrons. The Morgan fingerprint density at radius 1 is 1.00 bits per heavy atom. The second-order valence-corrected chi connectivity index (χ2v) is 8.08. The number of rotatable bonds is 6. The third-order valence-corrected chi connectivity index (χ3v) is 5.98. The van der Waals surface area contributed by atoms with Gasteiger partial charge in [-0.25, -0.2) is 4.98 Å². The Bertz CT molecular complexity index is 1270. The first-order valence-electron chi connectivity index (χ1n) is 10.9. The number of benzene rings is 3. The van der Waals surface area contributed by atoms with E-state index in [-0.39, 0.29) is 11.9 Å². The summed E-state index contributed by atoms with van der Waals surface area (Å²) < 4.78 is 5.17. The quantitative estimate of drug-likeness (QED) is 0.428. The summed E-state index contributed by atoms with van der Waals surface area (Å²) in [5.74, 6) is 1.56. The molecule has 1 aromatic heterocycles. The highest BCUT2D eigenvalue weighted by atomic mass is 16.5. The Morgan fingerprint density at radius 3 is 2.69 bits per heavy atom. The number of carbonyl (C=O) groups excluding carboxylic acids is 1. The third-order valence-electron chi connectivity index (χ3n) is 5.98. The highest BCUT2D eigenvalue weighted by Crippen LogP contribution is 2.34. The predicted octanol–water partition coefficient (Wildman–Crippen LogP) is 5.52. The number of aromatic nitrogens is 1. The predicted molar refractivity (Wildman–Crippen MR) is 128 cm³/mol. The Kier molecular flexibility index (Phi) is 5.46. The van der Waals surface area contributed by atoms with E-state index >= 15 is 0 Å². The molecule has 3 aromatic carbocycles. The number of methoxy groups -OCH3 is 1. The topological polar surface area (TPSA) is 63.2 Å². The van der Waals surface area contributed by atoms with Crippen LogP contribution in [0.25, 0.3) is 10.9 Å². The second-order valence-electron chi connectivity index (χ2n) is 8.08. The summed E-state index contributed by atoms with van der Waals surface area (Å²) in [7, 11) is 1.63. The van der Waals surface area contributed by atoms with E-state index < -0.39 is 0 Å². The first kappa shape index (κ1) is 20.1. The van der Waals surface area contributed by atoms with Crippen LogP contribution >= 0.6 is 0 Å². The number of nitrogens with zero attached hydrogens (tertiary/aromatic N) is 1. The first-order chi connectivity index (χ1) is 15.7. The molecule has 5 rings (SSSR count). The molecule has 1 unspecified atom stereocenters. The zero-order chi connectivity index (χ0) is 21.9. The second kappa shape index (κ2) is 8.71. The van der Waals surface area contributed by atoms with E-state index in [1.807, 2.05) is 54.6 Å². The molecule has 1 amide bonds. The Labute approximate surface area is 187 Å². The van der Waals surface area contributed by atoms with Crippen LogP contribution in [0.5, 0.6) is 5.75 Å². The van der Waals surface area contributed by atoms with Crippen molar-refractivity contribution in [3.8, 4) is 5.75 Å². The van der Waals surface area contributed by atoms with Gasteiger partial charge in [0.1, 0.15) is 11.6 Å². The molecule has 160 valence electrons. The Morgan fingerprint density at radius 2 is 1.84 bits per heavy atom. The van der Waals surface area contributed by atoms with Gasteiger partial charge < -0.3 is 15.4 Å². The van der Waals surface area contributed by atoms with Gasteiger partial charge >= 0.3 is 0 Å². The zero-order valence-corrected chi connectivity index (χ0v) is 18.0. The number of hydrogen-bond acceptors (Lipinski definition) is 4. The van der Waals surface area contributed by atoms with Crippen molar-refractivity contribution < 1.29 is 9.53 Å². The van der Waals surface area contributed by atoms with Crippen molar-refractivity contribution in [2.45, 2.75) is 25.3 Å². The van der Waals surface area contributed by atoms with Crippen molar-refractivity contribution in [2.24, 2.45) is 0 Å². The van der Waals surface area contributed by atoms with Crippen molar-refractivity contribution in [3.63, 3.8) is 0 Å². The summed E-state index contributed by atoms with van der Waals surface area (Å²) in [6, 6.07) is 26.2.